The summed E-state index contributed by atoms with van der Waals surface area (Å²) < 4.78 is 0. The highest BCUT2D eigenvalue weighted by atomic mass is 15.6. The number of para-hydroxylation sites is 2. The Morgan fingerprint density at radius 2 is 0.661 bits per heavy atom. The van der Waals surface area contributed by atoms with Crippen molar-refractivity contribution >= 4 is 81.0 Å². The van der Waals surface area contributed by atoms with Gasteiger partial charge in [0.25, 0.3) is 0 Å². The van der Waals surface area contributed by atoms with Crippen molar-refractivity contribution in [2.24, 2.45) is 0 Å². The van der Waals surface area contributed by atoms with Crippen LogP contribution in [0.5, 0.6) is 0 Å². The molecule has 6 heteroatoms. The zero-order chi connectivity index (χ0) is 44.3. The maximum atomic E-state index is 2.80. The van der Waals surface area contributed by atoms with Crippen molar-refractivity contribution in [1.29, 1.82) is 0 Å². The van der Waals surface area contributed by atoms with Gasteiger partial charge in [-0.3, -0.25) is 9.84 Å². The molecule has 0 saturated heterocycles. The van der Waals surface area contributed by atoms with Crippen LogP contribution in [0.3, 0.4) is 0 Å². The first-order valence-electron chi connectivity index (χ1n) is 22.9. The average molecular weight is 815 g/mol. The molecule has 4 aliphatic heterocycles. The van der Waals surface area contributed by atoms with Gasteiger partial charge in [-0.15, -0.1) is 0 Å². The van der Waals surface area contributed by atoms with E-state index in [1.165, 1.54) is 112 Å². The standard InChI is InChI=1S/C56H64B2N4/c1-33-19-17-20-34(2)51(33)59-43-27-37(53(5,6)7)23-25-41(43)57-49-45(59)29-39(55(11,12)13)31-47(49)61-48-32-40(56(14,15)16)30-46-50(48)58(62(57)61)42-26-24-38(54(8,9)10)28-44(42)60(46)52-35(3)21-18-22-36(52)4/h17-32H,1-16H3. The first-order valence-corrected chi connectivity index (χ1v) is 22.9. The van der Waals surface area contributed by atoms with Crippen LogP contribution in [0, 0.1) is 27.7 Å². The number of fused-ring (bicyclic) bond motifs is 9. The average Bonchev–Trinajstić information content (AvgIpc) is 3.69. The molecule has 10 rings (SSSR count). The van der Waals surface area contributed by atoms with E-state index in [-0.39, 0.29) is 35.4 Å². The van der Waals surface area contributed by atoms with Crippen LogP contribution in [-0.4, -0.2) is 18.5 Å². The van der Waals surface area contributed by atoms with Gasteiger partial charge in [0.2, 0.25) is 0 Å². The van der Waals surface area contributed by atoms with Crippen LogP contribution in [-0.2, 0) is 21.7 Å². The van der Waals surface area contributed by atoms with Gasteiger partial charge in [0, 0.05) is 22.7 Å². The normalized spacial score (nSPS) is 15.5. The summed E-state index contributed by atoms with van der Waals surface area (Å²) in [4.78, 5) is 8.10. The summed E-state index contributed by atoms with van der Waals surface area (Å²) in [5.41, 5.74) is 26.2. The number of hydrogen-bond acceptors (Lipinski definition) is 4. The van der Waals surface area contributed by atoms with Crippen molar-refractivity contribution in [2.45, 2.75) is 132 Å². The molecule has 0 aromatic heterocycles. The molecule has 0 aliphatic carbocycles. The number of hydrogen-bond donors (Lipinski definition) is 0. The molecule has 4 heterocycles. The molecular formula is C56H64B2N4. The lowest BCUT2D eigenvalue weighted by molar-refractivity contribution is 0.589. The number of benzene rings is 6. The van der Waals surface area contributed by atoms with Crippen LogP contribution in [0.2, 0.25) is 0 Å². The minimum Gasteiger partial charge on any atom is -0.311 e. The number of nitrogens with zero attached hydrogens (tertiary/aromatic N) is 4. The topological polar surface area (TPSA) is 13.0 Å². The molecule has 6 aromatic carbocycles. The molecular weight excluding hydrogens is 750 g/mol. The fraction of sp³-hybridized carbons (Fsp3) is 0.357. The van der Waals surface area contributed by atoms with E-state index in [1.54, 1.807) is 0 Å². The fourth-order valence-electron chi connectivity index (χ4n) is 10.9. The summed E-state index contributed by atoms with van der Waals surface area (Å²) >= 11 is 0. The van der Waals surface area contributed by atoms with Crippen molar-refractivity contribution in [1.82, 2.24) is 4.83 Å². The van der Waals surface area contributed by atoms with Gasteiger partial charge >= 0.3 is 13.7 Å². The minimum atomic E-state index is -0.0854. The highest BCUT2D eigenvalue weighted by Gasteiger charge is 2.60. The van der Waals surface area contributed by atoms with Crippen molar-refractivity contribution in [3.63, 3.8) is 0 Å². The zero-order valence-electron chi connectivity index (χ0n) is 40.2. The van der Waals surface area contributed by atoms with Crippen LogP contribution < -0.4 is 36.7 Å². The third-order valence-electron chi connectivity index (χ3n) is 14.4. The van der Waals surface area contributed by atoms with E-state index >= 15 is 0 Å². The number of anilines is 8. The Bertz CT molecular complexity index is 2640. The number of aryl methyl sites for hydroxylation is 4. The Hall–Kier alpha value is -5.19. The smallest absolute Gasteiger partial charge is 0.307 e. The molecule has 0 atom stereocenters. The molecule has 0 spiro atoms. The van der Waals surface area contributed by atoms with Gasteiger partial charge in [-0.1, -0.05) is 144 Å². The lowest BCUT2D eigenvalue weighted by atomic mass is 9.37. The van der Waals surface area contributed by atoms with Crippen LogP contribution in [0.15, 0.2) is 97.1 Å². The summed E-state index contributed by atoms with van der Waals surface area (Å²) in [6, 6.07) is 38.6. The highest BCUT2D eigenvalue weighted by molar-refractivity contribution is 7.03. The summed E-state index contributed by atoms with van der Waals surface area (Å²) in [5, 5.41) is 2.68. The van der Waals surface area contributed by atoms with Crippen molar-refractivity contribution in [2.75, 3.05) is 14.8 Å². The summed E-state index contributed by atoms with van der Waals surface area (Å²) in [6.45, 7) is 37.5. The molecule has 6 aromatic rings. The summed E-state index contributed by atoms with van der Waals surface area (Å²) in [7, 11) is 0. The highest BCUT2D eigenvalue weighted by Crippen LogP contribution is 2.53. The van der Waals surface area contributed by atoms with Gasteiger partial charge in [0.1, 0.15) is 0 Å². The SMILES string of the molecule is Cc1cccc(C)c1N1c2cc(C(C)(C)C)ccc2B2c3c1cc(C(C)(C)C)cc3N1c3cc(C(C)(C)C)cc4c3B(c3ccc(C(C)(C)C)cc3N4c3c(C)cccc3C)N21. The molecule has 4 aliphatic rings. The fourth-order valence-corrected chi connectivity index (χ4v) is 10.9. The van der Waals surface area contributed by atoms with Gasteiger partial charge in [-0.2, -0.15) is 0 Å². The third-order valence-corrected chi connectivity index (χ3v) is 14.4. The molecule has 0 radical (unpaired) electrons. The van der Waals surface area contributed by atoms with E-state index < -0.39 is 0 Å². The van der Waals surface area contributed by atoms with Crippen molar-refractivity contribution in [3.05, 3.63) is 142 Å². The minimum absolute atomic E-state index is 0.0103. The van der Waals surface area contributed by atoms with Crippen LogP contribution in [0.25, 0.3) is 0 Å². The van der Waals surface area contributed by atoms with Crippen molar-refractivity contribution in [3.8, 4) is 0 Å². The van der Waals surface area contributed by atoms with E-state index in [1.807, 2.05) is 0 Å². The number of rotatable bonds is 2. The second-order valence-electron chi connectivity index (χ2n) is 23.1. The van der Waals surface area contributed by atoms with Crippen LogP contribution >= 0.6 is 0 Å². The number of hydrazine groups is 1. The molecule has 0 N–H and O–H groups in total. The Balaban J connectivity index is 1.36. The zero-order valence-corrected chi connectivity index (χ0v) is 40.2. The summed E-state index contributed by atoms with van der Waals surface area (Å²) in [6.07, 6.45) is 0. The molecule has 0 fully saturated rings. The van der Waals surface area contributed by atoms with Gasteiger partial charge in [0.05, 0.1) is 22.7 Å². The quantitative estimate of drug-likeness (QED) is 0.161. The molecule has 314 valence electrons. The first kappa shape index (κ1) is 40.9. The Kier molecular flexibility index (Phi) is 8.68. The van der Waals surface area contributed by atoms with Gasteiger partial charge in [-0.25, -0.2) is 0 Å². The Labute approximate surface area is 373 Å². The lowest BCUT2D eigenvalue weighted by Crippen LogP contribution is -2.67. The third kappa shape index (κ3) is 5.84. The van der Waals surface area contributed by atoms with Crippen LogP contribution in [0.1, 0.15) is 128 Å². The van der Waals surface area contributed by atoms with E-state index in [4.69, 9.17) is 0 Å². The molecule has 0 bridgehead atoms. The van der Waals surface area contributed by atoms with Gasteiger partial charge < -0.3 is 9.80 Å². The first-order chi connectivity index (χ1) is 29.0. The Morgan fingerprint density at radius 1 is 0.355 bits per heavy atom. The lowest BCUT2D eigenvalue weighted by Gasteiger charge is -2.42. The molecule has 4 nitrogen and oxygen atoms in total. The van der Waals surface area contributed by atoms with Gasteiger partial charge in [0.15, 0.2) is 0 Å². The van der Waals surface area contributed by atoms with E-state index in [0.29, 0.717) is 0 Å². The van der Waals surface area contributed by atoms with Crippen molar-refractivity contribution < 1.29 is 0 Å². The summed E-state index contributed by atoms with van der Waals surface area (Å²) in [5.74, 6) is 0. The second kappa shape index (κ2) is 13.2. The molecule has 0 saturated carbocycles. The largest absolute Gasteiger partial charge is 0.311 e. The maximum Gasteiger partial charge on any atom is 0.307 e. The van der Waals surface area contributed by atoms with Crippen LogP contribution in [0.4, 0.5) is 45.5 Å². The predicted octanol–water partition coefficient (Wildman–Crippen LogP) is 12.3. The second-order valence-corrected chi connectivity index (χ2v) is 23.1. The van der Waals surface area contributed by atoms with E-state index in [2.05, 4.69) is 227 Å². The van der Waals surface area contributed by atoms with E-state index in [9.17, 15) is 0 Å². The van der Waals surface area contributed by atoms with Gasteiger partial charge in [-0.05, 0) is 152 Å². The molecule has 0 amide bonds. The molecule has 62 heavy (non-hydrogen) atoms. The molecule has 0 unspecified atom stereocenters. The Morgan fingerprint density at radius 3 is 0.984 bits per heavy atom. The van der Waals surface area contributed by atoms with E-state index in [0.717, 1.165) is 0 Å². The predicted molar refractivity (Wildman–Crippen MR) is 270 cm³/mol. The maximum absolute atomic E-state index is 2.80. The monoisotopic (exact) mass is 815 g/mol.